The maximum atomic E-state index is 6.61. The zero-order valence-corrected chi connectivity index (χ0v) is 16.5. The predicted octanol–water partition coefficient (Wildman–Crippen LogP) is 4.00. The first-order chi connectivity index (χ1) is 12.5. The van der Waals surface area contributed by atoms with Crippen LogP contribution in [0.5, 0.6) is 11.5 Å². The second-order valence-corrected chi connectivity index (χ2v) is 8.03. The molecule has 0 amide bonds. The highest BCUT2D eigenvalue weighted by Crippen LogP contribution is 2.51. The van der Waals surface area contributed by atoms with Crippen molar-refractivity contribution in [3.8, 4) is 11.5 Å². The monoisotopic (exact) mass is 395 g/mol. The van der Waals surface area contributed by atoms with E-state index in [9.17, 15) is 0 Å². The van der Waals surface area contributed by atoms with Crippen molar-refractivity contribution in [2.75, 3.05) is 20.8 Å². The second-order valence-electron chi connectivity index (χ2n) is 7.28. The Morgan fingerprint density at radius 2 is 1.88 bits per heavy atom. The van der Waals surface area contributed by atoms with Gasteiger partial charge in [-0.1, -0.05) is 23.2 Å². The van der Waals surface area contributed by atoms with E-state index in [0.717, 1.165) is 37.7 Å². The van der Waals surface area contributed by atoms with E-state index in [-0.39, 0.29) is 11.3 Å². The third kappa shape index (κ3) is 2.68. The average molecular weight is 396 g/mol. The molecule has 2 aliphatic carbocycles. The molecule has 0 saturated heterocycles. The molecule has 2 aliphatic rings. The van der Waals surface area contributed by atoms with Crippen LogP contribution >= 0.6 is 23.2 Å². The standard InChI is InChI=1S/C19H23Cl2N3O2/c1-25-13-8-14(26-2)17(21)15(16(13)20)10-3-4-11-12(7-10)23-24-18(11)19(9-22)5-6-19/h8,10H,3-7,9,22H2,1-2H3,(H,23,24). The van der Waals surface area contributed by atoms with E-state index < -0.39 is 0 Å². The number of rotatable bonds is 5. The molecule has 5 nitrogen and oxygen atoms in total. The molecule has 140 valence electrons. The number of methoxy groups -OCH3 is 2. The first-order valence-corrected chi connectivity index (χ1v) is 9.66. The topological polar surface area (TPSA) is 73.2 Å². The fourth-order valence-electron chi connectivity index (χ4n) is 4.14. The SMILES string of the molecule is COc1cc(OC)c(Cl)c(C2CCc3c(C4(CN)CC4)n[nH]c3C2)c1Cl. The van der Waals surface area contributed by atoms with Gasteiger partial charge in [-0.05, 0) is 43.6 Å². The summed E-state index contributed by atoms with van der Waals surface area (Å²) in [6.45, 7) is 0.665. The summed E-state index contributed by atoms with van der Waals surface area (Å²) in [5, 5.41) is 9.00. The van der Waals surface area contributed by atoms with E-state index >= 15 is 0 Å². The van der Waals surface area contributed by atoms with Gasteiger partial charge in [0, 0.05) is 29.3 Å². The first kappa shape index (κ1) is 18.0. The van der Waals surface area contributed by atoms with Crippen LogP contribution in [0.4, 0.5) is 0 Å². The van der Waals surface area contributed by atoms with E-state index in [0.29, 0.717) is 28.1 Å². The lowest BCUT2D eigenvalue weighted by Crippen LogP contribution is -2.23. The van der Waals surface area contributed by atoms with Crippen LogP contribution in [0.1, 0.15) is 47.7 Å². The fraction of sp³-hybridized carbons (Fsp3) is 0.526. The van der Waals surface area contributed by atoms with Crippen molar-refractivity contribution in [3.05, 3.63) is 38.6 Å². The molecule has 1 unspecified atom stereocenters. The Balaban J connectivity index is 1.70. The van der Waals surface area contributed by atoms with Crippen molar-refractivity contribution >= 4 is 23.2 Å². The summed E-state index contributed by atoms with van der Waals surface area (Å²) in [4.78, 5) is 0. The van der Waals surface area contributed by atoms with Gasteiger partial charge in [0.1, 0.15) is 11.5 Å². The molecule has 1 atom stereocenters. The maximum absolute atomic E-state index is 6.61. The van der Waals surface area contributed by atoms with Crippen LogP contribution in [0, 0.1) is 0 Å². The van der Waals surface area contributed by atoms with E-state index in [1.54, 1.807) is 20.3 Å². The lowest BCUT2D eigenvalue weighted by atomic mass is 9.80. The normalized spacial score (nSPS) is 20.6. The molecule has 7 heteroatoms. The number of hydrogen-bond donors (Lipinski definition) is 2. The van der Waals surface area contributed by atoms with Gasteiger partial charge in [-0.25, -0.2) is 0 Å². The summed E-state index contributed by atoms with van der Waals surface area (Å²) in [6, 6.07) is 1.73. The molecule has 1 heterocycles. The Bertz CT molecular complexity index is 818. The minimum absolute atomic E-state index is 0.103. The molecular weight excluding hydrogens is 373 g/mol. The van der Waals surface area contributed by atoms with Crippen LogP contribution in [0.25, 0.3) is 0 Å². The van der Waals surface area contributed by atoms with Crippen LogP contribution in [-0.2, 0) is 18.3 Å². The van der Waals surface area contributed by atoms with Gasteiger partial charge < -0.3 is 15.2 Å². The molecule has 0 bridgehead atoms. The van der Waals surface area contributed by atoms with Crippen molar-refractivity contribution in [1.29, 1.82) is 0 Å². The van der Waals surface area contributed by atoms with Gasteiger partial charge in [0.15, 0.2) is 0 Å². The van der Waals surface area contributed by atoms with E-state index in [4.69, 9.17) is 38.4 Å². The summed E-state index contributed by atoms with van der Waals surface area (Å²) in [5.41, 5.74) is 10.7. The number of nitrogens with zero attached hydrogens (tertiary/aromatic N) is 1. The zero-order chi connectivity index (χ0) is 18.5. The number of fused-ring (bicyclic) bond motifs is 1. The van der Waals surface area contributed by atoms with E-state index in [2.05, 4.69) is 10.2 Å². The van der Waals surface area contributed by atoms with Crippen LogP contribution in [0.15, 0.2) is 6.07 Å². The molecule has 0 aliphatic heterocycles. The average Bonchev–Trinajstić information content (AvgIpc) is 3.34. The number of aromatic amines is 1. The molecular formula is C19H23Cl2N3O2. The number of nitrogens with one attached hydrogen (secondary N) is 1. The number of benzene rings is 1. The number of hydrogen-bond acceptors (Lipinski definition) is 4. The van der Waals surface area contributed by atoms with Gasteiger partial charge in [0.2, 0.25) is 0 Å². The Morgan fingerprint density at radius 3 is 2.42 bits per heavy atom. The second kappa shape index (κ2) is 6.63. The predicted molar refractivity (Wildman–Crippen MR) is 103 cm³/mol. The van der Waals surface area contributed by atoms with Crippen LogP contribution in [0.2, 0.25) is 10.0 Å². The highest BCUT2D eigenvalue weighted by molar-refractivity contribution is 6.38. The lowest BCUT2D eigenvalue weighted by molar-refractivity contribution is 0.392. The van der Waals surface area contributed by atoms with E-state index in [1.165, 1.54) is 17.0 Å². The van der Waals surface area contributed by atoms with Crippen molar-refractivity contribution in [2.45, 2.75) is 43.4 Å². The molecule has 4 rings (SSSR count). The summed E-state index contributed by atoms with van der Waals surface area (Å²) in [6.07, 6.45) is 4.98. The lowest BCUT2D eigenvalue weighted by Gasteiger charge is -2.26. The van der Waals surface area contributed by atoms with Crippen LogP contribution in [-0.4, -0.2) is 31.0 Å². The van der Waals surface area contributed by atoms with Gasteiger partial charge in [0.05, 0.1) is 30.0 Å². The van der Waals surface area contributed by atoms with Gasteiger partial charge in [-0.2, -0.15) is 5.10 Å². The highest BCUT2D eigenvalue weighted by Gasteiger charge is 2.47. The fourth-order valence-corrected chi connectivity index (χ4v) is 4.95. The summed E-state index contributed by atoms with van der Waals surface area (Å²) in [7, 11) is 3.20. The molecule has 26 heavy (non-hydrogen) atoms. The highest BCUT2D eigenvalue weighted by atomic mass is 35.5. The summed E-state index contributed by atoms with van der Waals surface area (Å²) >= 11 is 13.2. The Labute approximate surface area is 163 Å². The molecule has 2 aromatic rings. The number of halogens is 2. The van der Waals surface area contributed by atoms with Crippen molar-refractivity contribution in [3.63, 3.8) is 0 Å². The first-order valence-electron chi connectivity index (χ1n) is 8.91. The Kier molecular flexibility index (Phi) is 4.58. The van der Waals surface area contributed by atoms with Gasteiger partial charge in [-0.15, -0.1) is 0 Å². The molecule has 3 N–H and O–H groups in total. The summed E-state index contributed by atoms with van der Waals surface area (Å²) in [5.74, 6) is 1.35. The third-order valence-electron chi connectivity index (χ3n) is 5.91. The molecule has 0 radical (unpaired) electrons. The molecule has 0 spiro atoms. The minimum Gasteiger partial charge on any atom is -0.495 e. The summed E-state index contributed by atoms with van der Waals surface area (Å²) < 4.78 is 10.8. The number of H-pyrrole nitrogens is 1. The van der Waals surface area contributed by atoms with Gasteiger partial charge in [-0.3, -0.25) is 5.10 Å². The smallest absolute Gasteiger partial charge is 0.141 e. The van der Waals surface area contributed by atoms with Crippen LogP contribution < -0.4 is 15.2 Å². The Morgan fingerprint density at radius 1 is 1.23 bits per heavy atom. The minimum atomic E-state index is 0.103. The van der Waals surface area contributed by atoms with Crippen LogP contribution in [0.3, 0.4) is 0 Å². The van der Waals surface area contributed by atoms with Gasteiger partial charge in [0.25, 0.3) is 0 Å². The molecule has 1 saturated carbocycles. The molecule has 1 aromatic carbocycles. The quantitative estimate of drug-likeness (QED) is 0.802. The number of nitrogens with two attached hydrogens (primary N) is 1. The number of ether oxygens (including phenoxy) is 2. The van der Waals surface area contributed by atoms with Crippen molar-refractivity contribution in [2.24, 2.45) is 5.73 Å². The number of aromatic nitrogens is 2. The van der Waals surface area contributed by atoms with Gasteiger partial charge >= 0.3 is 0 Å². The zero-order valence-electron chi connectivity index (χ0n) is 15.0. The molecule has 1 fully saturated rings. The Hall–Kier alpha value is -1.43. The molecule has 1 aromatic heterocycles. The largest absolute Gasteiger partial charge is 0.495 e. The van der Waals surface area contributed by atoms with Crippen molar-refractivity contribution in [1.82, 2.24) is 10.2 Å². The maximum Gasteiger partial charge on any atom is 0.141 e. The third-order valence-corrected chi connectivity index (χ3v) is 6.69. The van der Waals surface area contributed by atoms with E-state index in [1.807, 2.05) is 0 Å². The van der Waals surface area contributed by atoms with Crippen molar-refractivity contribution < 1.29 is 9.47 Å².